The standard InChI is InChI=1S/C11H17NS/c1-9(10(2)13)12-8-11-6-4-3-5-7-11/h3-7,9-10,12-13H,8H2,1-2H3/t9-,10-/m1/s1. The molecule has 0 aliphatic carbocycles. The molecule has 1 aromatic rings. The summed E-state index contributed by atoms with van der Waals surface area (Å²) >= 11 is 4.38. The molecule has 0 saturated carbocycles. The number of hydrogen-bond acceptors (Lipinski definition) is 2. The van der Waals surface area contributed by atoms with Crippen LogP contribution in [-0.2, 0) is 6.54 Å². The normalized spacial score (nSPS) is 15.3. The Morgan fingerprint density at radius 3 is 2.38 bits per heavy atom. The van der Waals surface area contributed by atoms with E-state index in [1.165, 1.54) is 5.56 Å². The van der Waals surface area contributed by atoms with Crippen LogP contribution in [0.3, 0.4) is 0 Å². The maximum atomic E-state index is 4.38. The third-order valence-corrected chi connectivity index (χ3v) is 2.64. The fraction of sp³-hybridized carbons (Fsp3) is 0.455. The fourth-order valence-corrected chi connectivity index (χ4v) is 1.15. The lowest BCUT2D eigenvalue weighted by Crippen LogP contribution is -2.32. The summed E-state index contributed by atoms with van der Waals surface area (Å²) in [7, 11) is 0. The van der Waals surface area contributed by atoms with Crippen molar-refractivity contribution in [1.29, 1.82) is 0 Å². The van der Waals surface area contributed by atoms with Crippen LogP contribution < -0.4 is 5.32 Å². The summed E-state index contributed by atoms with van der Waals surface area (Å²) in [5.74, 6) is 0. The molecule has 0 radical (unpaired) electrons. The van der Waals surface area contributed by atoms with E-state index < -0.39 is 0 Å². The molecule has 1 nitrogen and oxygen atoms in total. The largest absolute Gasteiger partial charge is 0.309 e. The molecule has 0 amide bonds. The summed E-state index contributed by atoms with van der Waals surface area (Å²) in [6.45, 7) is 5.18. The van der Waals surface area contributed by atoms with Crippen LogP contribution in [0.25, 0.3) is 0 Å². The van der Waals surface area contributed by atoms with Gasteiger partial charge in [0.1, 0.15) is 0 Å². The van der Waals surface area contributed by atoms with Gasteiger partial charge in [-0.2, -0.15) is 12.6 Å². The molecular formula is C11H17NS. The highest BCUT2D eigenvalue weighted by Crippen LogP contribution is 2.02. The van der Waals surface area contributed by atoms with Crippen molar-refractivity contribution < 1.29 is 0 Å². The van der Waals surface area contributed by atoms with Gasteiger partial charge in [-0.05, 0) is 12.5 Å². The molecule has 2 atom stereocenters. The smallest absolute Gasteiger partial charge is 0.0208 e. The second-order valence-electron chi connectivity index (χ2n) is 3.40. The summed E-state index contributed by atoms with van der Waals surface area (Å²) in [6.07, 6.45) is 0. The van der Waals surface area contributed by atoms with Crippen molar-refractivity contribution in [2.24, 2.45) is 0 Å². The first-order valence-electron chi connectivity index (χ1n) is 4.65. The number of thiol groups is 1. The Morgan fingerprint density at radius 2 is 1.85 bits per heavy atom. The van der Waals surface area contributed by atoms with Crippen LogP contribution >= 0.6 is 12.6 Å². The Kier molecular flexibility index (Phi) is 4.33. The molecule has 0 aliphatic rings. The van der Waals surface area contributed by atoms with Gasteiger partial charge in [0.2, 0.25) is 0 Å². The molecule has 0 heterocycles. The molecule has 0 unspecified atom stereocenters. The van der Waals surface area contributed by atoms with Crippen LogP contribution in [0.15, 0.2) is 30.3 Å². The lowest BCUT2D eigenvalue weighted by molar-refractivity contribution is 0.545. The van der Waals surface area contributed by atoms with Gasteiger partial charge >= 0.3 is 0 Å². The highest BCUT2D eigenvalue weighted by molar-refractivity contribution is 7.81. The van der Waals surface area contributed by atoms with Crippen molar-refractivity contribution in [3.05, 3.63) is 35.9 Å². The first-order chi connectivity index (χ1) is 6.20. The van der Waals surface area contributed by atoms with Gasteiger partial charge in [-0.3, -0.25) is 0 Å². The van der Waals surface area contributed by atoms with E-state index in [-0.39, 0.29) is 0 Å². The number of benzene rings is 1. The number of rotatable bonds is 4. The van der Waals surface area contributed by atoms with Crippen LogP contribution in [0.2, 0.25) is 0 Å². The third-order valence-electron chi connectivity index (χ3n) is 2.19. The second kappa shape index (κ2) is 5.30. The van der Waals surface area contributed by atoms with Gasteiger partial charge in [-0.15, -0.1) is 0 Å². The van der Waals surface area contributed by atoms with Crippen molar-refractivity contribution in [2.45, 2.75) is 31.7 Å². The lowest BCUT2D eigenvalue weighted by Gasteiger charge is -2.16. The summed E-state index contributed by atoms with van der Waals surface area (Å²) in [4.78, 5) is 0. The first kappa shape index (κ1) is 10.6. The minimum atomic E-state index is 0.392. The van der Waals surface area contributed by atoms with Gasteiger partial charge in [0.25, 0.3) is 0 Å². The quantitative estimate of drug-likeness (QED) is 0.703. The van der Waals surface area contributed by atoms with E-state index in [4.69, 9.17) is 0 Å². The molecule has 0 bridgehead atoms. The first-order valence-corrected chi connectivity index (χ1v) is 5.17. The molecule has 0 aromatic heterocycles. The predicted molar refractivity (Wildman–Crippen MR) is 61.2 cm³/mol. The molecule has 1 N–H and O–H groups in total. The molecule has 2 heteroatoms. The number of nitrogens with one attached hydrogen (secondary N) is 1. The summed E-state index contributed by atoms with van der Waals surface area (Å²) in [6, 6.07) is 10.9. The van der Waals surface area contributed by atoms with E-state index in [1.54, 1.807) is 0 Å². The average molecular weight is 195 g/mol. The lowest BCUT2D eigenvalue weighted by atomic mass is 10.2. The van der Waals surface area contributed by atoms with Crippen LogP contribution in [0.1, 0.15) is 19.4 Å². The molecular weight excluding hydrogens is 178 g/mol. The molecule has 0 fully saturated rings. The van der Waals surface area contributed by atoms with E-state index >= 15 is 0 Å². The van der Waals surface area contributed by atoms with E-state index in [0.717, 1.165) is 6.54 Å². The zero-order valence-electron chi connectivity index (χ0n) is 8.20. The van der Waals surface area contributed by atoms with Crippen molar-refractivity contribution in [3.63, 3.8) is 0 Å². The third kappa shape index (κ3) is 3.83. The van der Waals surface area contributed by atoms with Gasteiger partial charge in [0.15, 0.2) is 0 Å². The van der Waals surface area contributed by atoms with Crippen molar-refractivity contribution in [2.75, 3.05) is 0 Å². The zero-order chi connectivity index (χ0) is 9.68. The van der Waals surface area contributed by atoms with Gasteiger partial charge in [-0.25, -0.2) is 0 Å². The SMILES string of the molecule is C[C@@H](S)[C@@H](C)NCc1ccccc1. The van der Waals surface area contributed by atoms with Gasteiger partial charge in [0.05, 0.1) is 0 Å². The van der Waals surface area contributed by atoms with Crippen LogP contribution in [0, 0.1) is 0 Å². The summed E-state index contributed by atoms with van der Waals surface area (Å²) < 4.78 is 0. The molecule has 1 aromatic carbocycles. The average Bonchev–Trinajstić information content (AvgIpc) is 2.15. The predicted octanol–water partition coefficient (Wildman–Crippen LogP) is 2.48. The van der Waals surface area contributed by atoms with E-state index in [0.29, 0.717) is 11.3 Å². The highest BCUT2D eigenvalue weighted by Gasteiger charge is 2.05. The monoisotopic (exact) mass is 195 g/mol. The van der Waals surface area contributed by atoms with Crippen molar-refractivity contribution in [1.82, 2.24) is 5.32 Å². The Labute approximate surface area is 86.0 Å². The summed E-state index contributed by atoms with van der Waals surface area (Å²) in [5.41, 5.74) is 1.32. The Bertz CT molecular complexity index is 233. The molecule has 0 aliphatic heterocycles. The minimum Gasteiger partial charge on any atom is -0.309 e. The molecule has 0 saturated heterocycles. The maximum Gasteiger partial charge on any atom is 0.0208 e. The maximum absolute atomic E-state index is 4.38. The fourth-order valence-electron chi connectivity index (χ4n) is 1.05. The molecule has 13 heavy (non-hydrogen) atoms. The van der Waals surface area contributed by atoms with Crippen molar-refractivity contribution in [3.8, 4) is 0 Å². The molecule has 1 rings (SSSR count). The Hall–Kier alpha value is -0.470. The minimum absolute atomic E-state index is 0.392. The molecule has 72 valence electrons. The van der Waals surface area contributed by atoms with Gasteiger partial charge < -0.3 is 5.32 Å². The van der Waals surface area contributed by atoms with Crippen LogP contribution in [0.5, 0.6) is 0 Å². The van der Waals surface area contributed by atoms with Gasteiger partial charge in [0, 0.05) is 17.8 Å². The highest BCUT2D eigenvalue weighted by atomic mass is 32.1. The second-order valence-corrected chi connectivity index (χ2v) is 4.21. The summed E-state index contributed by atoms with van der Waals surface area (Å²) in [5, 5.41) is 3.81. The Balaban J connectivity index is 2.35. The van der Waals surface area contributed by atoms with E-state index in [2.05, 4.69) is 56.1 Å². The Morgan fingerprint density at radius 1 is 1.23 bits per heavy atom. The molecule has 0 spiro atoms. The van der Waals surface area contributed by atoms with Crippen molar-refractivity contribution >= 4 is 12.6 Å². The van der Waals surface area contributed by atoms with E-state index in [1.807, 2.05) is 6.07 Å². The zero-order valence-corrected chi connectivity index (χ0v) is 9.09. The van der Waals surface area contributed by atoms with E-state index in [9.17, 15) is 0 Å². The van der Waals surface area contributed by atoms with Crippen LogP contribution in [0.4, 0.5) is 0 Å². The number of hydrogen-bond donors (Lipinski definition) is 2. The van der Waals surface area contributed by atoms with Gasteiger partial charge in [-0.1, -0.05) is 37.3 Å². The topological polar surface area (TPSA) is 12.0 Å². The van der Waals surface area contributed by atoms with Crippen LogP contribution in [-0.4, -0.2) is 11.3 Å².